The maximum absolute atomic E-state index is 14.3. The number of hydrogen-bond donors (Lipinski definition) is 1. The molecule has 3 fully saturated rings. The average molecular weight is 504 g/mol. The molecular weight excluding hydrogens is 467 g/mol. The minimum atomic E-state index is -4.51. The van der Waals surface area contributed by atoms with Gasteiger partial charge in [0, 0.05) is 18.1 Å². The Labute approximate surface area is 210 Å². The number of carboxylic acid groups (broad SMARTS) is 1. The van der Waals surface area contributed by atoms with Crippen molar-refractivity contribution in [2.45, 2.75) is 102 Å². The van der Waals surface area contributed by atoms with E-state index in [0.717, 1.165) is 50.5 Å². The molecule has 196 valence electrons. The van der Waals surface area contributed by atoms with Crippen molar-refractivity contribution in [3.8, 4) is 5.75 Å². The van der Waals surface area contributed by atoms with E-state index < -0.39 is 17.7 Å². The summed E-state index contributed by atoms with van der Waals surface area (Å²) in [6.07, 6.45) is 2.93. The number of piperidine rings is 1. The molecule has 2 aliphatic heterocycles. The van der Waals surface area contributed by atoms with Crippen molar-refractivity contribution in [1.82, 2.24) is 4.90 Å². The van der Waals surface area contributed by atoms with E-state index in [-0.39, 0.29) is 41.3 Å². The highest BCUT2D eigenvalue weighted by Gasteiger charge is 2.45. The monoisotopic (exact) mass is 503 g/mol. The van der Waals surface area contributed by atoms with E-state index >= 15 is 0 Å². The van der Waals surface area contributed by atoms with E-state index in [1.54, 1.807) is 12.1 Å². The molecule has 5 rings (SSSR count). The van der Waals surface area contributed by atoms with Crippen LogP contribution in [0.25, 0.3) is 10.8 Å². The van der Waals surface area contributed by atoms with E-state index in [2.05, 4.69) is 18.7 Å². The van der Waals surface area contributed by atoms with E-state index in [1.807, 2.05) is 12.1 Å². The Kier molecular flexibility index (Phi) is 6.96. The van der Waals surface area contributed by atoms with Crippen LogP contribution in [-0.2, 0) is 11.0 Å². The fourth-order valence-corrected chi connectivity index (χ4v) is 7.00. The van der Waals surface area contributed by atoms with Gasteiger partial charge in [-0.2, -0.15) is 13.2 Å². The van der Waals surface area contributed by atoms with Crippen LogP contribution in [0.2, 0.25) is 0 Å². The zero-order chi connectivity index (χ0) is 25.6. The number of benzene rings is 2. The van der Waals surface area contributed by atoms with Crippen molar-refractivity contribution in [2.75, 3.05) is 0 Å². The summed E-state index contributed by atoms with van der Waals surface area (Å²) in [5, 5.41) is 10.3. The maximum Gasteiger partial charge on any atom is 0.420 e. The van der Waals surface area contributed by atoms with Crippen LogP contribution < -0.4 is 4.74 Å². The molecule has 1 N–H and O–H groups in total. The Hall–Kier alpha value is -2.28. The fourth-order valence-electron chi connectivity index (χ4n) is 7.00. The molecule has 2 aromatic rings. The lowest BCUT2D eigenvalue weighted by molar-refractivity contribution is -0.145. The molecule has 3 atom stereocenters. The summed E-state index contributed by atoms with van der Waals surface area (Å²) in [6, 6.07) is 9.08. The van der Waals surface area contributed by atoms with Crippen LogP contribution in [0.5, 0.6) is 5.75 Å². The van der Waals surface area contributed by atoms with Gasteiger partial charge in [0.15, 0.2) is 0 Å². The van der Waals surface area contributed by atoms with Crippen molar-refractivity contribution in [3.05, 3.63) is 41.5 Å². The van der Waals surface area contributed by atoms with Crippen molar-refractivity contribution >= 4 is 16.7 Å². The highest BCUT2D eigenvalue weighted by molar-refractivity contribution is 5.89. The molecule has 7 heteroatoms. The third-order valence-electron chi connectivity index (χ3n) is 8.82. The van der Waals surface area contributed by atoms with E-state index in [1.165, 1.54) is 6.07 Å². The predicted octanol–water partition coefficient (Wildman–Crippen LogP) is 7.59. The first-order valence-corrected chi connectivity index (χ1v) is 13.5. The van der Waals surface area contributed by atoms with Crippen LogP contribution in [0.3, 0.4) is 0 Å². The summed E-state index contributed by atoms with van der Waals surface area (Å²) in [5.41, 5.74) is 0.319. The molecule has 3 aliphatic rings. The molecule has 3 unspecified atom stereocenters. The zero-order valence-electron chi connectivity index (χ0n) is 21.1. The Balaban J connectivity index is 1.45. The minimum absolute atomic E-state index is 0.0659. The maximum atomic E-state index is 14.3. The normalized spacial score (nSPS) is 29.9. The van der Waals surface area contributed by atoms with E-state index in [0.29, 0.717) is 24.1 Å². The smallest absolute Gasteiger partial charge is 0.420 e. The average Bonchev–Trinajstić information content (AvgIpc) is 3.07. The summed E-state index contributed by atoms with van der Waals surface area (Å²) in [7, 11) is 0. The summed E-state index contributed by atoms with van der Waals surface area (Å²) in [5.74, 6) is -0.486. The van der Waals surface area contributed by atoms with Gasteiger partial charge in [-0.05, 0) is 92.2 Å². The van der Waals surface area contributed by atoms with Crippen LogP contribution in [0.4, 0.5) is 13.2 Å². The number of nitrogens with zero attached hydrogens (tertiary/aromatic N) is 1. The lowest BCUT2D eigenvalue weighted by atomic mass is 9.87. The van der Waals surface area contributed by atoms with Gasteiger partial charge in [-0.1, -0.05) is 32.0 Å². The number of carboxylic acids is 1. The van der Waals surface area contributed by atoms with Gasteiger partial charge in [0.2, 0.25) is 0 Å². The van der Waals surface area contributed by atoms with Gasteiger partial charge in [-0.25, -0.2) is 0 Å². The largest absolute Gasteiger partial charge is 0.490 e. The standard InChI is InChI=1S/C29H36F3NO3/c1-3-25(33-21-8-9-22(33)16-20(15-21)28(34)35)19-6-12-24-18(14-19)7-13-26(27(24)29(30,31)32)36-23-10-4-17(2)5-11-23/h6-7,12-14,17,20-23,25H,3-5,8-11,15-16H2,1-2H3,(H,34,35)/t17-,20?,21?,22?,23+,25?. The SMILES string of the molecule is CCC(c1ccc2c(C(F)(F)F)c(O[C@H]3CC[C@@H](C)CC3)ccc2c1)N1C2CCC1CC(C(=O)O)C2. The third kappa shape index (κ3) is 4.83. The molecule has 2 saturated heterocycles. The number of alkyl halides is 3. The van der Waals surface area contributed by atoms with Crippen LogP contribution in [0.1, 0.15) is 88.8 Å². The summed E-state index contributed by atoms with van der Waals surface area (Å²) in [4.78, 5) is 14.0. The summed E-state index contributed by atoms with van der Waals surface area (Å²) in [6.45, 7) is 4.27. The summed E-state index contributed by atoms with van der Waals surface area (Å²) >= 11 is 0. The topological polar surface area (TPSA) is 49.8 Å². The molecule has 36 heavy (non-hydrogen) atoms. The second-order valence-corrected chi connectivity index (χ2v) is 11.2. The molecule has 2 aromatic carbocycles. The number of fused-ring (bicyclic) bond motifs is 3. The van der Waals surface area contributed by atoms with Gasteiger partial charge in [0.1, 0.15) is 11.3 Å². The second kappa shape index (κ2) is 9.88. The number of halogens is 3. The van der Waals surface area contributed by atoms with E-state index in [4.69, 9.17) is 4.74 Å². The predicted molar refractivity (Wildman–Crippen MR) is 133 cm³/mol. The molecule has 0 aromatic heterocycles. The molecule has 0 radical (unpaired) electrons. The number of hydrogen-bond acceptors (Lipinski definition) is 3. The van der Waals surface area contributed by atoms with Crippen molar-refractivity contribution < 1.29 is 27.8 Å². The molecular formula is C29H36F3NO3. The first-order valence-electron chi connectivity index (χ1n) is 13.5. The van der Waals surface area contributed by atoms with Crippen molar-refractivity contribution in [2.24, 2.45) is 11.8 Å². The highest BCUT2D eigenvalue weighted by atomic mass is 19.4. The number of rotatable bonds is 6. The van der Waals surface area contributed by atoms with Gasteiger partial charge < -0.3 is 9.84 Å². The molecule has 1 aliphatic carbocycles. The van der Waals surface area contributed by atoms with Gasteiger partial charge in [-0.15, -0.1) is 0 Å². The molecule has 0 amide bonds. The lowest BCUT2D eigenvalue weighted by Gasteiger charge is -2.42. The molecule has 2 heterocycles. The zero-order valence-corrected chi connectivity index (χ0v) is 21.1. The van der Waals surface area contributed by atoms with Gasteiger partial charge in [-0.3, -0.25) is 9.69 Å². The van der Waals surface area contributed by atoms with Gasteiger partial charge in [0.25, 0.3) is 0 Å². The Morgan fingerprint density at radius 1 is 1.06 bits per heavy atom. The van der Waals surface area contributed by atoms with Crippen LogP contribution in [0, 0.1) is 11.8 Å². The Morgan fingerprint density at radius 2 is 1.72 bits per heavy atom. The highest BCUT2D eigenvalue weighted by Crippen LogP contribution is 2.47. The van der Waals surface area contributed by atoms with Crippen molar-refractivity contribution in [1.29, 1.82) is 0 Å². The molecule has 1 saturated carbocycles. The lowest BCUT2D eigenvalue weighted by Crippen LogP contribution is -2.46. The fraction of sp³-hybridized carbons (Fsp3) is 0.621. The van der Waals surface area contributed by atoms with Gasteiger partial charge in [0.05, 0.1) is 12.0 Å². The molecule has 2 bridgehead atoms. The molecule has 0 spiro atoms. The van der Waals surface area contributed by atoms with Crippen LogP contribution >= 0.6 is 0 Å². The Morgan fingerprint density at radius 3 is 2.31 bits per heavy atom. The number of aliphatic carboxylic acids is 1. The molecule has 4 nitrogen and oxygen atoms in total. The quantitative estimate of drug-likeness (QED) is 0.441. The van der Waals surface area contributed by atoms with E-state index in [9.17, 15) is 23.1 Å². The second-order valence-electron chi connectivity index (χ2n) is 11.2. The first-order chi connectivity index (χ1) is 17.2. The van der Waals surface area contributed by atoms with Gasteiger partial charge >= 0.3 is 12.1 Å². The van der Waals surface area contributed by atoms with Crippen LogP contribution in [0.15, 0.2) is 30.3 Å². The third-order valence-corrected chi connectivity index (χ3v) is 8.82. The van der Waals surface area contributed by atoms with Crippen molar-refractivity contribution in [3.63, 3.8) is 0 Å². The number of carbonyl (C=O) groups is 1. The Bertz CT molecular complexity index is 1090. The number of ether oxygens (including phenoxy) is 1. The minimum Gasteiger partial charge on any atom is -0.490 e. The summed E-state index contributed by atoms with van der Waals surface area (Å²) < 4.78 is 48.8. The van der Waals surface area contributed by atoms with Crippen LogP contribution in [-0.4, -0.2) is 34.2 Å². The first kappa shape index (κ1) is 25.4.